The molecule has 1 atom stereocenters. The van der Waals surface area contributed by atoms with E-state index in [1.807, 2.05) is 61.5 Å². The molecule has 1 N–H and O–H groups in total. The molecule has 0 saturated heterocycles. The molecule has 0 spiro atoms. The largest absolute Gasteiger partial charge is 0.497 e. The third kappa shape index (κ3) is 4.54. The van der Waals surface area contributed by atoms with Crippen LogP contribution >= 0.6 is 11.6 Å². The van der Waals surface area contributed by atoms with Crippen LogP contribution in [0.25, 0.3) is 5.69 Å². The molecule has 0 fully saturated rings. The zero-order valence-corrected chi connectivity index (χ0v) is 17.0. The average molecular weight is 398 g/mol. The minimum atomic E-state index is -0.202. The molecular weight excluding hydrogens is 374 g/mol. The Balaban J connectivity index is 1.64. The SMILES string of the molecule is COc1ccc(CCC(C)NC(=O)c2c(C)nn(-c3ccccc3)c2Cl)cc1. The maximum atomic E-state index is 12.8. The fourth-order valence-electron chi connectivity index (χ4n) is 3.04. The van der Waals surface area contributed by atoms with Crippen molar-refractivity contribution < 1.29 is 9.53 Å². The lowest BCUT2D eigenvalue weighted by molar-refractivity contribution is 0.0938. The smallest absolute Gasteiger partial charge is 0.256 e. The molecule has 3 aromatic rings. The van der Waals surface area contributed by atoms with Crippen LogP contribution < -0.4 is 10.1 Å². The van der Waals surface area contributed by atoms with Gasteiger partial charge in [-0.15, -0.1) is 0 Å². The number of methoxy groups -OCH3 is 1. The second kappa shape index (κ2) is 8.93. The molecule has 1 amide bonds. The summed E-state index contributed by atoms with van der Waals surface area (Å²) in [5, 5.41) is 7.79. The van der Waals surface area contributed by atoms with Gasteiger partial charge in [0.15, 0.2) is 0 Å². The number of rotatable bonds is 7. The molecule has 2 aromatic carbocycles. The van der Waals surface area contributed by atoms with Crippen LogP contribution in [0, 0.1) is 6.92 Å². The van der Waals surface area contributed by atoms with Crippen molar-refractivity contribution in [2.24, 2.45) is 0 Å². The first kappa shape index (κ1) is 20.0. The number of para-hydroxylation sites is 1. The van der Waals surface area contributed by atoms with Crippen LogP contribution in [0.3, 0.4) is 0 Å². The first-order valence-corrected chi connectivity index (χ1v) is 9.61. The number of ether oxygens (including phenoxy) is 1. The summed E-state index contributed by atoms with van der Waals surface area (Å²) in [6, 6.07) is 17.5. The van der Waals surface area contributed by atoms with Crippen molar-refractivity contribution in [3.63, 3.8) is 0 Å². The summed E-state index contributed by atoms with van der Waals surface area (Å²) < 4.78 is 6.77. The zero-order valence-electron chi connectivity index (χ0n) is 16.3. The molecule has 0 aliphatic carbocycles. The summed E-state index contributed by atoms with van der Waals surface area (Å²) in [7, 11) is 1.65. The first-order valence-electron chi connectivity index (χ1n) is 9.24. The van der Waals surface area contributed by atoms with Gasteiger partial charge in [-0.2, -0.15) is 5.10 Å². The van der Waals surface area contributed by atoms with Gasteiger partial charge < -0.3 is 10.1 Å². The Labute approximate surface area is 170 Å². The second-order valence-corrected chi connectivity index (χ2v) is 7.12. The molecule has 0 radical (unpaired) electrons. The van der Waals surface area contributed by atoms with E-state index in [9.17, 15) is 4.79 Å². The first-order chi connectivity index (χ1) is 13.5. The lowest BCUT2D eigenvalue weighted by atomic mass is 10.1. The van der Waals surface area contributed by atoms with Gasteiger partial charge in [-0.25, -0.2) is 4.68 Å². The summed E-state index contributed by atoms with van der Waals surface area (Å²) in [5.41, 5.74) is 3.05. The molecule has 6 heteroatoms. The lowest BCUT2D eigenvalue weighted by Gasteiger charge is -2.14. The molecule has 1 unspecified atom stereocenters. The third-order valence-corrected chi connectivity index (χ3v) is 4.98. The molecular formula is C22H24ClN3O2. The Hall–Kier alpha value is -2.79. The number of hydrogen-bond donors (Lipinski definition) is 1. The number of aryl methyl sites for hydroxylation is 2. The molecule has 5 nitrogen and oxygen atoms in total. The molecule has 28 heavy (non-hydrogen) atoms. The second-order valence-electron chi connectivity index (χ2n) is 6.76. The normalized spacial score (nSPS) is 11.9. The van der Waals surface area contributed by atoms with Gasteiger partial charge in [0.1, 0.15) is 10.9 Å². The number of halogens is 1. The van der Waals surface area contributed by atoms with Crippen LogP contribution in [0.5, 0.6) is 5.75 Å². The van der Waals surface area contributed by atoms with Gasteiger partial charge in [0.25, 0.3) is 5.91 Å². The Morgan fingerprint density at radius 1 is 1.18 bits per heavy atom. The van der Waals surface area contributed by atoms with E-state index in [1.54, 1.807) is 18.7 Å². The number of amides is 1. The van der Waals surface area contributed by atoms with E-state index in [0.29, 0.717) is 16.4 Å². The van der Waals surface area contributed by atoms with Crippen LogP contribution in [0.4, 0.5) is 0 Å². The van der Waals surface area contributed by atoms with Crippen molar-refractivity contribution >= 4 is 17.5 Å². The van der Waals surface area contributed by atoms with Crippen molar-refractivity contribution in [3.8, 4) is 11.4 Å². The van der Waals surface area contributed by atoms with Gasteiger partial charge in [-0.3, -0.25) is 4.79 Å². The number of benzene rings is 2. The van der Waals surface area contributed by atoms with E-state index in [1.165, 1.54) is 5.56 Å². The Morgan fingerprint density at radius 3 is 2.50 bits per heavy atom. The summed E-state index contributed by atoms with van der Waals surface area (Å²) >= 11 is 6.47. The summed E-state index contributed by atoms with van der Waals surface area (Å²) in [4.78, 5) is 12.8. The molecule has 0 saturated carbocycles. The fraction of sp³-hybridized carbons (Fsp3) is 0.273. The predicted octanol–water partition coefficient (Wildman–Crippen LogP) is 4.59. The molecule has 0 aliphatic heterocycles. The van der Waals surface area contributed by atoms with E-state index < -0.39 is 0 Å². The topological polar surface area (TPSA) is 56.1 Å². The standard InChI is InChI=1S/C22H24ClN3O2/c1-15(9-10-17-11-13-19(28-3)14-12-17)24-22(27)20-16(2)25-26(21(20)23)18-7-5-4-6-8-18/h4-8,11-15H,9-10H2,1-3H3,(H,24,27). The Kier molecular flexibility index (Phi) is 6.37. The van der Waals surface area contributed by atoms with Gasteiger partial charge >= 0.3 is 0 Å². The quantitative estimate of drug-likeness (QED) is 0.634. The highest BCUT2D eigenvalue weighted by atomic mass is 35.5. The number of carbonyl (C=O) groups excluding carboxylic acids is 1. The maximum absolute atomic E-state index is 12.8. The highest BCUT2D eigenvalue weighted by Crippen LogP contribution is 2.23. The Morgan fingerprint density at radius 2 is 1.86 bits per heavy atom. The van der Waals surface area contributed by atoms with Crippen LogP contribution in [0.1, 0.15) is 35.0 Å². The Bertz CT molecular complexity index is 936. The van der Waals surface area contributed by atoms with Gasteiger partial charge in [0, 0.05) is 6.04 Å². The molecule has 1 heterocycles. The minimum absolute atomic E-state index is 0.00476. The van der Waals surface area contributed by atoms with Crippen LogP contribution in [-0.4, -0.2) is 28.8 Å². The number of nitrogens with one attached hydrogen (secondary N) is 1. The number of aromatic nitrogens is 2. The van der Waals surface area contributed by atoms with E-state index in [0.717, 1.165) is 24.3 Å². The van der Waals surface area contributed by atoms with E-state index in [-0.39, 0.29) is 11.9 Å². The van der Waals surface area contributed by atoms with E-state index in [2.05, 4.69) is 10.4 Å². The van der Waals surface area contributed by atoms with Crippen LogP contribution in [0.2, 0.25) is 5.15 Å². The summed E-state index contributed by atoms with van der Waals surface area (Å²) in [6.07, 6.45) is 1.68. The third-order valence-electron chi connectivity index (χ3n) is 4.63. The molecule has 146 valence electrons. The number of nitrogens with zero attached hydrogens (tertiary/aromatic N) is 2. The maximum Gasteiger partial charge on any atom is 0.256 e. The van der Waals surface area contributed by atoms with E-state index in [4.69, 9.17) is 16.3 Å². The monoisotopic (exact) mass is 397 g/mol. The summed E-state index contributed by atoms with van der Waals surface area (Å²) in [5.74, 6) is 0.637. The highest BCUT2D eigenvalue weighted by Gasteiger charge is 2.22. The number of hydrogen-bond acceptors (Lipinski definition) is 3. The van der Waals surface area contributed by atoms with E-state index >= 15 is 0 Å². The van der Waals surface area contributed by atoms with Crippen LogP contribution in [0.15, 0.2) is 54.6 Å². The van der Waals surface area contributed by atoms with Gasteiger partial charge in [-0.1, -0.05) is 41.9 Å². The summed E-state index contributed by atoms with van der Waals surface area (Å²) in [6.45, 7) is 3.79. The van der Waals surface area contributed by atoms with Crippen molar-refractivity contribution in [3.05, 3.63) is 76.6 Å². The predicted molar refractivity (Wildman–Crippen MR) is 112 cm³/mol. The fourth-order valence-corrected chi connectivity index (χ4v) is 3.40. The van der Waals surface area contributed by atoms with Crippen molar-refractivity contribution in [2.75, 3.05) is 7.11 Å². The van der Waals surface area contributed by atoms with Gasteiger partial charge in [0.05, 0.1) is 24.1 Å². The molecule has 0 aliphatic rings. The number of carbonyl (C=O) groups is 1. The van der Waals surface area contributed by atoms with Crippen molar-refractivity contribution in [1.29, 1.82) is 0 Å². The lowest BCUT2D eigenvalue weighted by Crippen LogP contribution is -2.33. The van der Waals surface area contributed by atoms with Crippen LogP contribution in [-0.2, 0) is 6.42 Å². The highest BCUT2D eigenvalue weighted by molar-refractivity contribution is 6.33. The average Bonchev–Trinajstić information content (AvgIpc) is 3.01. The zero-order chi connectivity index (χ0) is 20.1. The molecule has 0 bridgehead atoms. The van der Waals surface area contributed by atoms with Gasteiger partial charge in [-0.05, 0) is 56.5 Å². The molecule has 3 rings (SSSR count). The minimum Gasteiger partial charge on any atom is -0.497 e. The van der Waals surface area contributed by atoms with Crippen molar-refractivity contribution in [1.82, 2.24) is 15.1 Å². The molecule has 1 aromatic heterocycles. The van der Waals surface area contributed by atoms with Crippen molar-refractivity contribution in [2.45, 2.75) is 32.7 Å². The van der Waals surface area contributed by atoms with Gasteiger partial charge in [0.2, 0.25) is 0 Å².